The van der Waals surface area contributed by atoms with Gasteiger partial charge in [0.15, 0.2) is 6.10 Å². The molecule has 1 saturated heterocycles. The number of ether oxygens (including phenoxy) is 2. The lowest BCUT2D eigenvalue weighted by molar-refractivity contribution is -0.123. The van der Waals surface area contributed by atoms with Crippen LogP contribution < -0.4 is 10.2 Å². The molecule has 1 aliphatic rings. The summed E-state index contributed by atoms with van der Waals surface area (Å²) in [6.07, 6.45) is 0.0603. The van der Waals surface area contributed by atoms with Crippen molar-refractivity contribution in [2.45, 2.75) is 33.3 Å². The van der Waals surface area contributed by atoms with Gasteiger partial charge in [-0.2, -0.15) is 0 Å². The fourth-order valence-corrected chi connectivity index (χ4v) is 3.35. The second-order valence-corrected chi connectivity index (χ2v) is 7.98. The van der Waals surface area contributed by atoms with Crippen LogP contribution >= 0.6 is 0 Å². The Morgan fingerprint density at radius 2 is 1.63 bits per heavy atom. The van der Waals surface area contributed by atoms with Gasteiger partial charge in [0.25, 0.3) is 5.91 Å². The smallest absolute Gasteiger partial charge is 0.338 e. The Bertz CT molecular complexity index is 841. The molecule has 1 aliphatic heterocycles. The summed E-state index contributed by atoms with van der Waals surface area (Å²) in [5.74, 6) is -0.315. The van der Waals surface area contributed by atoms with Gasteiger partial charge in [-0.1, -0.05) is 26.0 Å². The molecular formula is C24H30N2O4. The zero-order valence-electron chi connectivity index (χ0n) is 17.9. The molecule has 3 rings (SSSR count). The normalized spacial score (nSPS) is 15.0. The average molecular weight is 411 g/mol. The summed E-state index contributed by atoms with van der Waals surface area (Å²) in [5, 5.41) is 2.80. The van der Waals surface area contributed by atoms with Gasteiger partial charge in [-0.15, -0.1) is 0 Å². The van der Waals surface area contributed by atoms with E-state index in [9.17, 15) is 9.59 Å². The van der Waals surface area contributed by atoms with E-state index in [0.29, 0.717) is 17.2 Å². The van der Waals surface area contributed by atoms with E-state index in [0.717, 1.165) is 38.4 Å². The summed E-state index contributed by atoms with van der Waals surface area (Å²) >= 11 is 0. The molecular weight excluding hydrogens is 380 g/mol. The topological polar surface area (TPSA) is 67.9 Å². The van der Waals surface area contributed by atoms with Crippen LogP contribution in [0.2, 0.25) is 0 Å². The molecule has 0 radical (unpaired) electrons. The molecule has 0 saturated carbocycles. The Labute approximate surface area is 178 Å². The van der Waals surface area contributed by atoms with Crippen LogP contribution in [0, 0.1) is 5.92 Å². The predicted molar refractivity (Wildman–Crippen MR) is 118 cm³/mol. The van der Waals surface area contributed by atoms with Gasteiger partial charge in [0.05, 0.1) is 18.8 Å². The van der Waals surface area contributed by atoms with Crippen LogP contribution in [0.25, 0.3) is 0 Å². The summed E-state index contributed by atoms with van der Waals surface area (Å²) in [4.78, 5) is 27.0. The molecule has 1 N–H and O–H groups in total. The van der Waals surface area contributed by atoms with Gasteiger partial charge < -0.3 is 19.7 Å². The van der Waals surface area contributed by atoms with Crippen LogP contribution in [0.3, 0.4) is 0 Å². The number of nitrogens with zero attached hydrogens (tertiary/aromatic N) is 1. The summed E-state index contributed by atoms with van der Waals surface area (Å²) < 4.78 is 10.7. The highest BCUT2D eigenvalue weighted by Crippen LogP contribution is 2.19. The Morgan fingerprint density at radius 3 is 2.23 bits per heavy atom. The largest absolute Gasteiger partial charge is 0.449 e. The molecule has 2 aromatic rings. The Hall–Kier alpha value is -2.86. The van der Waals surface area contributed by atoms with Crippen molar-refractivity contribution in [3.63, 3.8) is 0 Å². The van der Waals surface area contributed by atoms with Crippen LogP contribution in [-0.2, 0) is 20.7 Å². The molecule has 0 unspecified atom stereocenters. The van der Waals surface area contributed by atoms with E-state index in [1.807, 2.05) is 36.4 Å². The highest BCUT2D eigenvalue weighted by atomic mass is 16.5. The first-order chi connectivity index (χ1) is 14.4. The summed E-state index contributed by atoms with van der Waals surface area (Å²) in [7, 11) is 0. The third-order valence-electron chi connectivity index (χ3n) is 5.00. The maximum absolute atomic E-state index is 12.4. The average Bonchev–Trinajstić information content (AvgIpc) is 2.75. The molecule has 1 fully saturated rings. The SMILES string of the molecule is CC(C)Cc1ccc(C(=O)O[C@H](C)C(=O)Nc2ccc(N3CCOCC3)cc2)cc1. The molecule has 0 aromatic heterocycles. The standard InChI is InChI=1S/C24H30N2O4/c1-17(2)16-19-4-6-20(7-5-19)24(28)30-18(3)23(27)25-21-8-10-22(11-9-21)26-12-14-29-15-13-26/h4-11,17-18H,12-16H2,1-3H3,(H,25,27)/t18-/m1/s1. The van der Waals surface area contributed by atoms with Gasteiger partial charge in [-0.25, -0.2) is 4.79 Å². The van der Waals surface area contributed by atoms with Crippen LogP contribution in [-0.4, -0.2) is 44.3 Å². The van der Waals surface area contributed by atoms with Crippen molar-refractivity contribution < 1.29 is 19.1 Å². The van der Waals surface area contributed by atoms with E-state index in [-0.39, 0.29) is 5.91 Å². The third-order valence-corrected chi connectivity index (χ3v) is 5.00. The molecule has 2 aromatic carbocycles. The molecule has 1 amide bonds. The maximum Gasteiger partial charge on any atom is 0.338 e. The fourth-order valence-electron chi connectivity index (χ4n) is 3.35. The highest BCUT2D eigenvalue weighted by Gasteiger charge is 2.19. The number of rotatable bonds is 7. The number of anilines is 2. The molecule has 6 heteroatoms. The van der Waals surface area contributed by atoms with Crippen LogP contribution in [0.1, 0.15) is 36.7 Å². The zero-order chi connectivity index (χ0) is 21.5. The van der Waals surface area contributed by atoms with Gasteiger partial charge >= 0.3 is 5.97 Å². The Kier molecular flexibility index (Phi) is 7.46. The second-order valence-electron chi connectivity index (χ2n) is 7.98. The number of carbonyl (C=O) groups excluding carboxylic acids is 2. The molecule has 0 spiro atoms. The summed E-state index contributed by atoms with van der Waals surface area (Å²) in [6.45, 7) is 9.04. The van der Waals surface area contributed by atoms with Crippen molar-refractivity contribution in [2.75, 3.05) is 36.5 Å². The molecule has 1 atom stereocenters. The van der Waals surface area contributed by atoms with E-state index in [1.165, 1.54) is 5.56 Å². The van der Waals surface area contributed by atoms with Gasteiger partial charge in [-0.05, 0) is 61.2 Å². The van der Waals surface area contributed by atoms with Crippen LogP contribution in [0.5, 0.6) is 0 Å². The fraction of sp³-hybridized carbons (Fsp3) is 0.417. The van der Waals surface area contributed by atoms with Crippen molar-refractivity contribution in [3.05, 3.63) is 59.7 Å². The number of amides is 1. The monoisotopic (exact) mass is 410 g/mol. The third kappa shape index (κ3) is 6.07. The first kappa shape index (κ1) is 21.8. The Balaban J connectivity index is 1.52. The Morgan fingerprint density at radius 1 is 1.00 bits per heavy atom. The number of esters is 1. The van der Waals surface area contributed by atoms with E-state index < -0.39 is 12.1 Å². The molecule has 6 nitrogen and oxygen atoms in total. The lowest BCUT2D eigenvalue weighted by Gasteiger charge is -2.28. The van der Waals surface area contributed by atoms with Crippen molar-refractivity contribution in [3.8, 4) is 0 Å². The summed E-state index contributed by atoms with van der Waals surface area (Å²) in [5.41, 5.74) is 3.37. The van der Waals surface area contributed by atoms with Crippen molar-refractivity contribution in [1.82, 2.24) is 0 Å². The number of hydrogen-bond acceptors (Lipinski definition) is 5. The maximum atomic E-state index is 12.4. The molecule has 30 heavy (non-hydrogen) atoms. The predicted octanol–water partition coefficient (Wildman–Crippen LogP) is 3.91. The van der Waals surface area contributed by atoms with Crippen molar-refractivity contribution in [2.24, 2.45) is 5.92 Å². The number of hydrogen-bond donors (Lipinski definition) is 1. The lowest BCUT2D eigenvalue weighted by atomic mass is 10.0. The zero-order valence-corrected chi connectivity index (χ0v) is 17.9. The van der Waals surface area contributed by atoms with Crippen molar-refractivity contribution >= 4 is 23.3 Å². The number of morpholine rings is 1. The molecule has 1 heterocycles. The minimum absolute atomic E-state index is 0.362. The number of carbonyl (C=O) groups is 2. The molecule has 0 aliphatic carbocycles. The molecule has 160 valence electrons. The second kappa shape index (κ2) is 10.3. The van der Waals surface area contributed by atoms with E-state index in [1.54, 1.807) is 19.1 Å². The minimum atomic E-state index is -0.897. The lowest BCUT2D eigenvalue weighted by Crippen LogP contribution is -2.36. The quantitative estimate of drug-likeness (QED) is 0.701. The first-order valence-electron chi connectivity index (χ1n) is 10.5. The highest BCUT2D eigenvalue weighted by molar-refractivity contribution is 5.97. The van der Waals surface area contributed by atoms with Crippen LogP contribution in [0.4, 0.5) is 11.4 Å². The van der Waals surface area contributed by atoms with Gasteiger partial charge in [-0.3, -0.25) is 4.79 Å². The van der Waals surface area contributed by atoms with Gasteiger partial charge in [0.2, 0.25) is 0 Å². The van der Waals surface area contributed by atoms with E-state index >= 15 is 0 Å². The molecule has 0 bridgehead atoms. The van der Waals surface area contributed by atoms with Gasteiger partial charge in [0.1, 0.15) is 0 Å². The van der Waals surface area contributed by atoms with Crippen LogP contribution in [0.15, 0.2) is 48.5 Å². The van der Waals surface area contributed by atoms with E-state index in [4.69, 9.17) is 9.47 Å². The van der Waals surface area contributed by atoms with Gasteiger partial charge in [0, 0.05) is 24.5 Å². The van der Waals surface area contributed by atoms with E-state index in [2.05, 4.69) is 24.1 Å². The van der Waals surface area contributed by atoms with Crippen molar-refractivity contribution in [1.29, 1.82) is 0 Å². The first-order valence-corrected chi connectivity index (χ1v) is 10.5. The number of benzene rings is 2. The number of nitrogens with one attached hydrogen (secondary N) is 1. The minimum Gasteiger partial charge on any atom is -0.449 e. The summed E-state index contributed by atoms with van der Waals surface area (Å²) in [6, 6.07) is 15.0.